The first-order valence-corrected chi connectivity index (χ1v) is 10.8. The molecule has 152 valence electrons. The van der Waals surface area contributed by atoms with Crippen molar-refractivity contribution in [3.05, 3.63) is 59.7 Å². The zero-order valence-electron chi connectivity index (χ0n) is 16.1. The minimum absolute atomic E-state index is 0.126. The fraction of sp³-hybridized carbons (Fsp3) is 0.350. The molecule has 2 aromatic carbocycles. The molecular weight excluding hydrogens is 386 g/mol. The molecule has 0 fully saturated rings. The number of rotatable bonds is 8. The highest BCUT2D eigenvalue weighted by Gasteiger charge is 2.29. The van der Waals surface area contributed by atoms with E-state index in [1.165, 1.54) is 6.92 Å². The van der Waals surface area contributed by atoms with Gasteiger partial charge in [0, 0.05) is 11.8 Å². The standard InChI is InChI=1S/C20H24F2N2O3S/c1-4-5-6-15-7-9-16(10-8-15)23-20(25)14(2)24(28(3,26)27)17-11-12-18(21)19(22)13-17/h7-14H,4-6H2,1-3H3,(H,23,25)/t14-/m0/s1. The molecule has 0 bridgehead atoms. The van der Waals surface area contributed by atoms with E-state index in [9.17, 15) is 22.0 Å². The van der Waals surface area contributed by atoms with E-state index < -0.39 is 33.6 Å². The van der Waals surface area contributed by atoms with Crippen LogP contribution in [0.4, 0.5) is 20.2 Å². The number of unbranched alkanes of at least 4 members (excludes halogenated alkanes) is 1. The van der Waals surface area contributed by atoms with Crippen LogP contribution in [0.5, 0.6) is 0 Å². The van der Waals surface area contributed by atoms with Crippen molar-refractivity contribution in [2.45, 2.75) is 39.2 Å². The monoisotopic (exact) mass is 410 g/mol. The third-order valence-corrected chi connectivity index (χ3v) is 5.53. The molecule has 0 aliphatic carbocycles. The quantitative estimate of drug-likeness (QED) is 0.713. The molecular formula is C20H24F2N2O3S. The molecule has 1 atom stereocenters. The van der Waals surface area contributed by atoms with Gasteiger partial charge in [0.2, 0.25) is 15.9 Å². The summed E-state index contributed by atoms with van der Waals surface area (Å²) in [5.41, 5.74) is 1.54. The Morgan fingerprint density at radius 1 is 1.11 bits per heavy atom. The second-order valence-electron chi connectivity index (χ2n) is 6.62. The van der Waals surface area contributed by atoms with Gasteiger partial charge in [0.1, 0.15) is 6.04 Å². The number of hydrogen-bond donors (Lipinski definition) is 1. The van der Waals surface area contributed by atoms with Crippen LogP contribution in [0.25, 0.3) is 0 Å². The lowest BCUT2D eigenvalue weighted by atomic mass is 10.1. The smallest absolute Gasteiger partial charge is 0.247 e. The molecule has 0 saturated heterocycles. The van der Waals surface area contributed by atoms with Gasteiger partial charge in [0.05, 0.1) is 11.9 Å². The zero-order chi connectivity index (χ0) is 20.9. The lowest BCUT2D eigenvalue weighted by molar-refractivity contribution is -0.116. The fourth-order valence-electron chi connectivity index (χ4n) is 2.81. The minimum Gasteiger partial charge on any atom is -0.324 e. The van der Waals surface area contributed by atoms with Crippen LogP contribution in [0.15, 0.2) is 42.5 Å². The van der Waals surface area contributed by atoms with E-state index in [-0.39, 0.29) is 5.69 Å². The van der Waals surface area contributed by atoms with Crippen LogP contribution < -0.4 is 9.62 Å². The number of nitrogens with zero attached hydrogens (tertiary/aromatic N) is 1. The van der Waals surface area contributed by atoms with E-state index in [1.54, 1.807) is 12.1 Å². The second kappa shape index (κ2) is 9.14. The number of halogens is 2. The summed E-state index contributed by atoms with van der Waals surface area (Å²) < 4.78 is 51.9. The van der Waals surface area contributed by atoms with E-state index in [1.807, 2.05) is 12.1 Å². The van der Waals surface area contributed by atoms with Gasteiger partial charge in [-0.25, -0.2) is 17.2 Å². The van der Waals surface area contributed by atoms with Crippen molar-refractivity contribution in [2.75, 3.05) is 15.9 Å². The summed E-state index contributed by atoms with van der Waals surface area (Å²) in [4.78, 5) is 12.6. The number of anilines is 2. The third kappa shape index (κ3) is 5.51. The maximum atomic E-state index is 13.6. The molecule has 2 aromatic rings. The van der Waals surface area contributed by atoms with Crippen molar-refractivity contribution in [1.82, 2.24) is 0 Å². The van der Waals surface area contributed by atoms with Crippen molar-refractivity contribution in [3.8, 4) is 0 Å². The van der Waals surface area contributed by atoms with Gasteiger partial charge in [-0.2, -0.15) is 0 Å². The van der Waals surface area contributed by atoms with Gasteiger partial charge in [0.25, 0.3) is 0 Å². The highest BCUT2D eigenvalue weighted by molar-refractivity contribution is 7.92. The highest BCUT2D eigenvalue weighted by Crippen LogP contribution is 2.24. The lowest BCUT2D eigenvalue weighted by Gasteiger charge is -2.28. The summed E-state index contributed by atoms with van der Waals surface area (Å²) in [5.74, 6) is -2.88. The first-order valence-electron chi connectivity index (χ1n) is 8.97. The predicted octanol–water partition coefficient (Wildman–Crippen LogP) is 4.10. The fourth-order valence-corrected chi connectivity index (χ4v) is 3.98. The molecule has 0 spiro atoms. The average Bonchev–Trinajstić information content (AvgIpc) is 2.63. The minimum atomic E-state index is -3.92. The number of carbonyl (C=O) groups excluding carboxylic acids is 1. The molecule has 0 radical (unpaired) electrons. The van der Waals surface area contributed by atoms with Gasteiger partial charge in [-0.1, -0.05) is 25.5 Å². The summed E-state index contributed by atoms with van der Waals surface area (Å²) in [6, 6.07) is 8.83. The van der Waals surface area contributed by atoms with Gasteiger partial charge >= 0.3 is 0 Å². The Kier molecular flexibility index (Phi) is 7.12. The highest BCUT2D eigenvalue weighted by atomic mass is 32.2. The number of carbonyl (C=O) groups is 1. The molecule has 0 unspecified atom stereocenters. The predicted molar refractivity (Wildman–Crippen MR) is 107 cm³/mol. The number of aryl methyl sites for hydroxylation is 1. The van der Waals surface area contributed by atoms with Crippen molar-refractivity contribution < 1.29 is 22.0 Å². The summed E-state index contributed by atoms with van der Waals surface area (Å²) in [6.07, 6.45) is 4.00. The van der Waals surface area contributed by atoms with E-state index in [0.717, 1.165) is 53.6 Å². The van der Waals surface area contributed by atoms with Crippen molar-refractivity contribution in [2.24, 2.45) is 0 Å². The second-order valence-corrected chi connectivity index (χ2v) is 8.48. The van der Waals surface area contributed by atoms with Crippen LogP contribution >= 0.6 is 0 Å². The van der Waals surface area contributed by atoms with Crippen LogP contribution in [-0.4, -0.2) is 26.6 Å². The van der Waals surface area contributed by atoms with E-state index in [4.69, 9.17) is 0 Å². The van der Waals surface area contributed by atoms with Gasteiger partial charge in [-0.15, -0.1) is 0 Å². The zero-order valence-corrected chi connectivity index (χ0v) is 16.9. The van der Waals surface area contributed by atoms with Crippen molar-refractivity contribution in [3.63, 3.8) is 0 Å². The molecule has 0 heterocycles. The normalized spacial score (nSPS) is 12.5. The molecule has 0 aliphatic heterocycles. The Balaban J connectivity index is 2.20. The van der Waals surface area contributed by atoms with E-state index in [2.05, 4.69) is 12.2 Å². The number of sulfonamides is 1. The summed E-state index contributed by atoms with van der Waals surface area (Å²) in [5, 5.41) is 2.66. The van der Waals surface area contributed by atoms with Crippen molar-refractivity contribution in [1.29, 1.82) is 0 Å². The molecule has 0 saturated carbocycles. The summed E-state index contributed by atoms with van der Waals surface area (Å²) in [6.45, 7) is 3.49. The molecule has 28 heavy (non-hydrogen) atoms. The largest absolute Gasteiger partial charge is 0.324 e. The topological polar surface area (TPSA) is 66.5 Å². The van der Waals surface area contributed by atoms with Crippen LogP contribution in [0.1, 0.15) is 32.3 Å². The third-order valence-electron chi connectivity index (χ3n) is 4.29. The Bertz CT molecular complexity index is 931. The van der Waals surface area contributed by atoms with E-state index >= 15 is 0 Å². The molecule has 0 aliphatic rings. The maximum Gasteiger partial charge on any atom is 0.247 e. The van der Waals surface area contributed by atoms with Gasteiger partial charge in [0.15, 0.2) is 11.6 Å². The average molecular weight is 410 g/mol. The number of hydrogen-bond acceptors (Lipinski definition) is 3. The molecule has 2 rings (SSSR count). The van der Waals surface area contributed by atoms with Crippen molar-refractivity contribution >= 4 is 27.3 Å². The Morgan fingerprint density at radius 2 is 1.75 bits per heavy atom. The first-order chi connectivity index (χ1) is 13.1. The molecule has 0 aromatic heterocycles. The molecule has 1 N–H and O–H groups in total. The Morgan fingerprint density at radius 3 is 2.29 bits per heavy atom. The molecule has 8 heteroatoms. The van der Waals surface area contributed by atoms with Crippen LogP contribution in [0.2, 0.25) is 0 Å². The van der Waals surface area contributed by atoms with Gasteiger partial charge in [-0.05, 0) is 49.6 Å². The van der Waals surface area contributed by atoms with Gasteiger partial charge in [-0.3, -0.25) is 9.10 Å². The SMILES string of the molecule is CCCCc1ccc(NC(=O)[C@H](C)N(c2ccc(F)c(F)c2)S(C)(=O)=O)cc1. The molecule has 1 amide bonds. The first kappa shape index (κ1) is 21.8. The van der Waals surface area contributed by atoms with Crippen LogP contribution in [-0.2, 0) is 21.2 Å². The Hall–Kier alpha value is -2.48. The van der Waals surface area contributed by atoms with Crippen LogP contribution in [0.3, 0.4) is 0 Å². The number of benzene rings is 2. The van der Waals surface area contributed by atoms with Gasteiger partial charge < -0.3 is 5.32 Å². The summed E-state index contributed by atoms with van der Waals surface area (Å²) in [7, 11) is -3.92. The number of nitrogens with one attached hydrogen (secondary N) is 1. The van der Waals surface area contributed by atoms with Crippen LogP contribution in [0, 0.1) is 11.6 Å². The lowest BCUT2D eigenvalue weighted by Crippen LogP contribution is -2.45. The Labute approximate surface area is 164 Å². The van der Waals surface area contributed by atoms with E-state index in [0.29, 0.717) is 5.69 Å². The number of amides is 1. The summed E-state index contributed by atoms with van der Waals surface area (Å²) >= 11 is 0. The maximum absolute atomic E-state index is 13.6. The molecule has 5 nitrogen and oxygen atoms in total.